The second-order valence-electron chi connectivity index (χ2n) is 6.51. The van der Waals surface area contributed by atoms with Gasteiger partial charge in [-0.2, -0.15) is 0 Å². The summed E-state index contributed by atoms with van der Waals surface area (Å²) in [6, 6.07) is 7.89. The zero-order chi connectivity index (χ0) is 12.7. The molecule has 18 heavy (non-hydrogen) atoms. The van der Waals surface area contributed by atoms with Crippen molar-refractivity contribution in [3.05, 3.63) is 34.9 Å². The van der Waals surface area contributed by atoms with Gasteiger partial charge in [0.05, 0.1) is 0 Å². The number of aryl methyl sites for hydroxylation is 2. The van der Waals surface area contributed by atoms with Gasteiger partial charge >= 0.3 is 0 Å². The number of hydrogen-bond donors (Lipinski definition) is 0. The SMILES string of the molecule is Cc1cc(C)cc([C@H]2C[C@@H]2CN2CCC[C@@H]2C)c1. The van der Waals surface area contributed by atoms with Gasteiger partial charge in [0.2, 0.25) is 0 Å². The summed E-state index contributed by atoms with van der Waals surface area (Å²) in [4.78, 5) is 2.70. The third kappa shape index (κ3) is 2.47. The molecule has 1 aliphatic heterocycles. The smallest absolute Gasteiger partial charge is 0.00675 e. The van der Waals surface area contributed by atoms with Crippen molar-refractivity contribution >= 4 is 0 Å². The molecule has 2 fully saturated rings. The van der Waals surface area contributed by atoms with E-state index in [0.717, 1.165) is 17.9 Å². The van der Waals surface area contributed by atoms with Crippen LogP contribution in [0.2, 0.25) is 0 Å². The summed E-state index contributed by atoms with van der Waals surface area (Å²) in [5.74, 6) is 1.77. The van der Waals surface area contributed by atoms with Gasteiger partial charge in [-0.05, 0) is 64.0 Å². The van der Waals surface area contributed by atoms with Gasteiger partial charge in [0.25, 0.3) is 0 Å². The van der Waals surface area contributed by atoms with Gasteiger partial charge in [-0.1, -0.05) is 29.3 Å². The lowest BCUT2D eigenvalue weighted by molar-refractivity contribution is 0.256. The fourth-order valence-corrected chi connectivity index (χ4v) is 3.65. The molecule has 1 aliphatic carbocycles. The van der Waals surface area contributed by atoms with E-state index < -0.39 is 0 Å². The molecule has 0 amide bonds. The first-order valence-corrected chi connectivity index (χ1v) is 7.46. The molecule has 1 aromatic rings. The number of likely N-dealkylation sites (tertiary alicyclic amines) is 1. The van der Waals surface area contributed by atoms with Gasteiger partial charge < -0.3 is 4.90 Å². The Morgan fingerprint density at radius 1 is 1.17 bits per heavy atom. The Balaban J connectivity index is 1.63. The van der Waals surface area contributed by atoms with Crippen LogP contribution in [0.15, 0.2) is 18.2 Å². The predicted molar refractivity (Wildman–Crippen MR) is 77.0 cm³/mol. The van der Waals surface area contributed by atoms with Crippen LogP contribution in [-0.4, -0.2) is 24.0 Å². The highest BCUT2D eigenvalue weighted by Crippen LogP contribution is 2.48. The predicted octanol–water partition coefficient (Wildman–Crippen LogP) is 3.89. The molecule has 0 spiro atoms. The molecule has 0 aromatic heterocycles. The molecule has 98 valence electrons. The average Bonchev–Trinajstić information content (AvgIpc) is 2.95. The molecule has 1 aromatic carbocycles. The Kier molecular flexibility index (Phi) is 3.19. The van der Waals surface area contributed by atoms with E-state index in [4.69, 9.17) is 0 Å². The van der Waals surface area contributed by atoms with E-state index in [1.807, 2.05) is 0 Å². The molecule has 2 aliphatic rings. The minimum atomic E-state index is 0.825. The van der Waals surface area contributed by atoms with Crippen LogP contribution in [0, 0.1) is 19.8 Å². The minimum absolute atomic E-state index is 0.825. The van der Waals surface area contributed by atoms with Crippen molar-refractivity contribution in [3.8, 4) is 0 Å². The van der Waals surface area contributed by atoms with Crippen LogP contribution in [-0.2, 0) is 0 Å². The van der Waals surface area contributed by atoms with E-state index >= 15 is 0 Å². The molecule has 0 radical (unpaired) electrons. The molecule has 1 heteroatoms. The molecule has 1 nitrogen and oxygen atoms in total. The molecule has 0 bridgehead atoms. The number of hydrogen-bond acceptors (Lipinski definition) is 1. The van der Waals surface area contributed by atoms with E-state index in [9.17, 15) is 0 Å². The van der Waals surface area contributed by atoms with Crippen LogP contribution < -0.4 is 0 Å². The highest BCUT2D eigenvalue weighted by atomic mass is 15.2. The molecular weight excluding hydrogens is 218 g/mol. The summed E-state index contributed by atoms with van der Waals surface area (Å²) in [7, 11) is 0. The van der Waals surface area contributed by atoms with Crippen molar-refractivity contribution in [1.29, 1.82) is 0 Å². The zero-order valence-electron chi connectivity index (χ0n) is 11.9. The van der Waals surface area contributed by atoms with Crippen molar-refractivity contribution < 1.29 is 0 Å². The van der Waals surface area contributed by atoms with Crippen molar-refractivity contribution in [2.75, 3.05) is 13.1 Å². The first-order chi connectivity index (χ1) is 8.63. The Labute approximate surface area is 111 Å². The van der Waals surface area contributed by atoms with Crippen LogP contribution >= 0.6 is 0 Å². The first-order valence-electron chi connectivity index (χ1n) is 7.46. The van der Waals surface area contributed by atoms with Gasteiger partial charge in [-0.15, -0.1) is 0 Å². The van der Waals surface area contributed by atoms with Crippen molar-refractivity contribution in [2.45, 2.75) is 52.0 Å². The Bertz CT molecular complexity index is 417. The highest BCUT2D eigenvalue weighted by molar-refractivity contribution is 5.34. The number of rotatable bonds is 3. The number of benzene rings is 1. The maximum atomic E-state index is 2.70. The lowest BCUT2D eigenvalue weighted by atomic mass is 10.0. The van der Waals surface area contributed by atoms with Crippen molar-refractivity contribution in [3.63, 3.8) is 0 Å². The zero-order valence-corrected chi connectivity index (χ0v) is 11.9. The van der Waals surface area contributed by atoms with Gasteiger partial charge in [-0.3, -0.25) is 0 Å². The fraction of sp³-hybridized carbons (Fsp3) is 0.647. The quantitative estimate of drug-likeness (QED) is 0.778. The average molecular weight is 243 g/mol. The van der Waals surface area contributed by atoms with Gasteiger partial charge in [0.1, 0.15) is 0 Å². The molecule has 1 saturated carbocycles. The Hall–Kier alpha value is -0.820. The Morgan fingerprint density at radius 3 is 2.50 bits per heavy atom. The maximum Gasteiger partial charge on any atom is 0.00675 e. The Morgan fingerprint density at radius 2 is 1.89 bits per heavy atom. The molecule has 3 rings (SSSR count). The van der Waals surface area contributed by atoms with E-state index in [1.54, 1.807) is 5.56 Å². The summed E-state index contributed by atoms with van der Waals surface area (Å²) in [5.41, 5.74) is 4.43. The van der Waals surface area contributed by atoms with Crippen LogP contribution in [0.25, 0.3) is 0 Å². The molecule has 1 heterocycles. The lowest BCUT2D eigenvalue weighted by Crippen LogP contribution is -2.29. The summed E-state index contributed by atoms with van der Waals surface area (Å²) in [6.45, 7) is 9.49. The maximum absolute atomic E-state index is 2.70. The normalized spacial score (nSPS) is 31.8. The molecular formula is C17H25N. The van der Waals surface area contributed by atoms with Gasteiger partial charge in [0, 0.05) is 12.6 Å². The van der Waals surface area contributed by atoms with Crippen molar-refractivity contribution in [2.24, 2.45) is 5.92 Å². The van der Waals surface area contributed by atoms with Gasteiger partial charge in [-0.25, -0.2) is 0 Å². The van der Waals surface area contributed by atoms with E-state index in [-0.39, 0.29) is 0 Å². The summed E-state index contributed by atoms with van der Waals surface area (Å²) >= 11 is 0. The fourth-order valence-electron chi connectivity index (χ4n) is 3.65. The molecule has 0 N–H and O–H groups in total. The minimum Gasteiger partial charge on any atom is -0.300 e. The summed E-state index contributed by atoms with van der Waals surface area (Å²) in [5, 5.41) is 0. The van der Waals surface area contributed by atoms with Crippen LogP contribution in [0.3, 0.4) is 0 Å². The summed E-state index contributed by atoms with van der Waals surface area (Å²) < 4.78 is 0. The van der Waals surface area contributed by atoms with Gasteiger partial charge in [0.15, 0.2) is 0 Å². The van der Waals surface area contributed by atoms with Crippen molar-refractivity contribution in [1.82, 2.24) is 4.90 Å². The topological polar surface area (TPSA) is 3.24 Å². The third-order valence-electron chi connectivity index (χ3n) is 4.75. The van der Waals surface area contributed by atoms with E-state index in [0.29, 0.717) is 0 Å². The summed E-state index contributed by atoms with van der Waals surface area (Å²) in [6.07, 6.45) is 4.22. The molecule has 0 unspecified atom stereocenters. The number of nitrogens with zero attached hydrogens (tertiary/aromatic N) is 1. The second kappa shape index (κ2) is 4.70. The second-order valence-corrected chi connectivity index (χ2v) is 6.51. The first kappa shape index (κ1) is 12.2. The standard InChI is InChI=1S/C17H25N/c1-12-7-13(2)9-15(8-12)17-10-16(17)11-18-6-4-5-14(18)3/h7-9,14,16-17H,4-6,10-11H2,1-3H3/t14-,16+,17+/m0/s1. The largest absolute Gasteiger partial charge is 0.300 e. The van der Waals surface area contributed by atoms with E-state index in [1.165, 1.54) is 43.5 Å². The third-order valence-corrected chi connectivity index (χ3v) is 4.75. The highest BCUT2D eigenvalue weighted by Gasteiger charge is 2.40. The van der Waals surface area contributed by atoms with Crippen LogP contribution in [0.4, 0.5) is 0 Å². The van der Waals surface area contributed by atoms with Crippen LogP contribution in [0.1, 0.15) is 48.8 Å². The van der Waals surface area contributed by atoms with Crippen LogP contribution in [0.5, 0.6) is 0 Å². The lowest BCUT2D eigenvalue weighted by Gasteiger charge is -2.20. The van der Waals surface area contributed by atoms with E-state index in [2.05, 4.69) is 43.9 Å². The monoisotopic (exact) mass is 243 g/mol. The molecule has 1 saturated heterocycles. The molecule has 3 atom stereocenters.